The number of nitrogens with zero attached hydrogens (tertiary/aromatic N) is 1. The summed E-state index contributed by atoms with van der Waals surface area (Å²) < 4.78 is 0.585. The summed E-state index contributed by atoms with van der Waals surface area (Å²) in [5, 5.41) is 5.96. The highest BCUT2D eigenvalue weighted by atomic mass is 35.5. The van der Waals surface area contributed by atoms with Crippen molar-refractivity contribution in [1.82, 2.24) is 10.2 Å². The van der Waals surface area contributed by atoms with Crippen molar-refractivity contribution < 1.29 is 9.59 Å². The summed E-state index contributed by atoms with van der Waals surface area (Å²) in [7, 11) is 0. The average Bonchev–Trinajstić information content (AvgIpc) is 3.13. The maximum absolute atomic E-state index is 12.7. The monoisotopic (exact) mass is 419 g/mol. The second-order valence-corrected chi connectivity index (χ2v) is 9.05. The van der Waals surface area contributed by atoms with Crippen LogP contribution in [0.1, 0.15) is 41.9 Å². The molecule has 0 unspecified atom stereocenters. The summed E-state index contributed by atoms with van der Waals surface area (Å²) in [6, 6.07) is 11.5. The third-order valence-electron chi connectivity index (χ3n) is 5.14. The minimum Gasteiger partial charge on any atom is -0.347 e. The van der Waals surface area contributed by atoms with Crippen LogP contribution in [-0.4, -0.2) is 35.8 Å². The molecule has 150 valence electrons. The molecule has 2 N–H and O–H groups in total. The number of carbonyl (C=O) groups is 2. The van der Waals surface area contributed by atoms with Gasteiger partial charge in [-0.15, -0.1) is 11.3 Å². The molecule has 7 heteroatoms. The van der Waals surface area contributed by atoms with E-state index in [-0.39, 0.29) is 17.7 Å². The molecule has 1 fully saturated rings. The molecule has 28 heavy (non-hydrogen) atoms. The van der Waals surface area contributed by atoms with Crippen molar-refractivity contribution >= 4 is 40.4 Å². The fraction of sp³-hybridized carbons (Fsp3) is 0.429. The zero-order valence-electron chi connectivity index (χ0n) is 16.2. The van der Waals surface area contributed by atoms with Crippen LogP contribution in [0.15, 0.2) is 36.4 Å². The van der Waals surface area contributed by atoms with Gasteiger partial charge < -0.3 is 15.5 Å². The summed E-state index contributed by atoms with van der Waals surface area (Å²) in [4.78, 5) is 28.0. The van der Waals surface area contributed by atoms with Crippen LogP contribution in [-0.2, 0) is 11.3 Å². The third-order valence-corrected chi connectivity index (χ3v) is 6.37. The van der Waals surface area contributed by atoms with Crippen molar-refractivity contribution in [1.29, 1.82) is 0 Å². The van der Waals surface area contributed by atoms with Crippen LogP contribution in [0.3, 0.4) is 0 Å². The lowest BCUT2D eigenvalue weighted by molar-refractivity contribution is -0.121. The van der Waals surface area contributed by atoms with E-state index in [1.807, 2.05) is 24.3 Å². The topological polar surface area (TPSA) is 61.4 Å². The Labute approximate surface area is 175 Å². The summed E-state index contributed by atoms with van der Waals surface area (Å²) in [6.45, 7) is 6.63. The molecule has 1 aromatic carbocycles. The molecule has 1 aliphatic heterocycles. The number of carbonyl (C=O) groups excluding carboxylic acids is 2. The van der Waals surface area contributed by atoms with Crippen LogP contribution in [0.5, 0.6) is 0 Å². The van der Waals surface area contributed by atoms with Gasteiger partial charge in [0.25, 0.3) is 5.91 Å². The van der Waals surface area contributed by atoms with Gasteiger partial charge in [0.2, 0.25) is 5.91 Å². The maximum Gasteiger partial charge on any atom is 0.261 e. The summed E-state index contributed by atoms with van der Waals surface area (Å²) in [5.74, 6) is -0.0720. The summed E-state index contributed by atoms with van der Waals surface area (Å²) >= 11 is 7.14. The van der Waals surface area contributed by atoms with Gasteiger partial charge >= 0.3 is 0 Å². The van der Waals surface area contributed by atoms with E-state index in [1.165, 1.54) is 11.3 Å². The van der Waals surface area contributed by atoms with Crippen LogP contribution in [0.4, 0.5) is 5.69 Å². The van der Waals surface area contributed by atoms with Gasteiger partial charge in [0.1, 0.15) is 0 Å². The highest BCUT2D eigenvalue weighted by molar-refractivity contribution is 7.17. The predicted molar refractivity (Wildman–Crippen MR) is 115 cm³/mol. The Kier molecular flexibility index (Phi) is 7.10. The Morgan fingerprint density at radius 2 is 1.89 bits per heavy atom. The molecule has 1 saturated heterocycles. The number of anilines is 1. The van der Waals surface area contributed by atoms with Crippen molar-refractivity contribution in [3.05, 3.63) is 51.2 Å². The standard InChI is InChI=1S/C21H26ClN3O2S/c1-14(2)25-11-9-15(10-12-25)20(26)24-17-6-4-3-5-16(17)13-23-21(27)18-7-8-19(22)28-18/h3-8,14-15H,9-13H2,1-2H3,(H,23,27)(H,24,26). The van der Waals surface area contributed by atoms with E-state index in [0.717, 1.165) is 37.2 Å². The molecule has 5 nitrogen and oxygen atoms in total. The van der Waals surface area contributed by atoms with Crippen LogP contribution in [0, 0.1) is 5.92 Å². The number of halogens is 1. The molecule has 3 rings (SSSR count). The van der Waals surface area contributed by atoms with Gasteiger partial charge in [0.15, 0.2) is 0 Å². The number of rotatable bonds is 6. The predicted octanol–water partition coefficient (Wildman–Crippen LogP) is 4.39. The second kappa shape index (κ2) is 9.54. The van der Waals surface area contributed by atoms with Crippen LogP contribution >= 0.6 is 22.9 Å². The van der Waals surface area contributed by atoms with Crippen molar-refractivity contribution in [3.63, 3.8) is 0 Å². The zero-order chi connectivity index (χ0) is 20.1. The molecule has 2 heterocycles. The van der Waals surface area contributed by atoms with E-state index in [9.17, 15) is 9.59 Å². The highest BCUT2D eigenvalue weighted by Gasteiger charge is 2.26. The first-order chi connectivity index (χ1) is 13.4. The first-order valence-electron chi connectivity index (χ1n) is 9.60. The van der Waals surface area contributed by atoms with Gasteiger partial charge in [0, 0.05) is 24.2 Å². The molecule has 0 spiro atoms. The van der Waals surface area contributed by atoms with Crippen molar-refractivity contribution in [2.24, 2.45) is 5.92 Å². The number of hydrogen-bond donors (Lipinski definition) is 2. The third kappa shape index (κ3) is 5.34. The first kappa shape index (κ1) is 20.8. The molecule has 0 aliphatic carbocycles. The van der Waals surface area contributed by atoms with Gasteiger partial charge in [-0.1, -0.05) is 29.8 Å². The number of likely N-dealkylation sites (tertiary alicyclic amines) is 1. The molecule has 0 saturated carbocycles. The lowest BCUT2D eigenvalue weighted by atomic mass is 9.95. The Bertz CT molecular complexity index is 829. The molecule has 0 atom stereocenters. The van der Waals surface area contributed by atoms with Gasteiger partial charge in [-0.25, -0.2) is 0 Å². The number of thiophene rings is 1. The molecular formula is C21H26ClN3O2S. The average molecular weight is 420 g/mol. The number of benzene rings is 1. The summed E-state index contributed by atoms with van der Waals surface area (Å²) in [6.07, 6.45) is 1.75. The maximum atomic E-state index is 12.7. The quantitative estimate of drug-likeness (QED) is 0.729. The Balaban J connectivity index is 1.58. The summed E-state index contributed by atoms with van der Waals surface area (Å²) in [5.41, 5.74) is 1.63. The lowest BCUT2D eigenvalue weighted by Gasteiger charge is -2.34. The first-order valence-corrected chi connectivity index (χ1v) is 10.8. The minimum absolute atomic E-state index is 0.0332. The second-order valence-electron chi connectivity index (χ2n) is 7.34. The fourth-order valence-corrected chi connectivity index (χ4v) is 4.37. The van der Waals surface area contributed by atoms with Crippen LogP contribution in [0.2, 0.25) is 4.34 Å². The van der Waals surface area contributed by atoms with E-state index >= 15 is 0 Å². The zero-order valence-corrected chi connectivity index (χ0v) is 17.8. The molecule has 0 radical (unpaired) electrons. The molecule has 2 amide bonds. The number of amides is 2. The van der Waals surface area contributed by atoms with Gasteiger partial charge in [-0.05, 0) is 63.5 Å². The van der Waals surface area contributed by atoms with E-state index in [0.29, 0.717) is 21.8 Å². The van der Waals surface area contributed by atoms with Gasteiger partial charge in [-0.3, -0.25) is 9.59 Å². The van der Waals surface area contributed by atoms with Crippen LogP contribution in [0.25, 0.3) is 0 Å². The van der Waals surface area contributed by atoms with Crippen molar-refractivity contribution in [2.75, 3.05) is 18.4 Å². The van der Waals surface area contributed by atoms with E-state index in [2.05, 4.69) is 29.4 Å². The Hall–Kier alpha value is -1.89. The Morgan fingerprint density at radius 1 is 1.18 bits per heavy atom. The minimum atomic E-state index is -0.168. The van der Waals surface area contributed by atoms with Crippen molar-refractivity contribution in [2.45, 2.75) is 39.3 Å². The lowest BCUT2D eigenvalue weighted by Crippen LogP contribution is -2.41. The van der Waals surface area contributed by atoms with E-state index in [4.69, 9.17) is 11.6 Å². The number of piperidine rings is 1. The number of para-hydroxylation sites is 1. The highest BCUT2D eigenvalue weighted by Crippen LogP contribution is 2.23. The Morgan fingerprint density at radius 3 is 2.54 bits per heavy atom. The molecular weight excluding hydrogens is 394 g/mol. The molecule has 0 bridgehead atoms. The van der Waals surface area contributed by atoms with E-state index in [1.54, 1.807) is 12.1 Å². The fourth-order valence-electron chi connectivity index (χ4n) is 3.41. The van der Waals surface area contributed by atoms with Gasteiger partial charge in [-0.2, -0.15) is 0 Å². The SMILES string of the molecule is CC(C)N1CCC(C(=O)Nc2ccccc2CNC(=O)c2ccc(Cl)s2)CC1. The smallest absolute Gasteiger partial charge is 0.261 e. The van der Waals surface area contributed by atoms with E-state index < -0.39 is 0 Å². The molecule has 1 aliphatic rings. The molecule has 1 aromatic heterocycles. The van der Waals surface area contributed by atoms with Gasteiger partial charge in [0.05, 0.1) is 9.21 Å². The largest absolute Gasteiger partial charge is 0.347 e. The number of hydrogen-bond acceptors (Lipinski definition) is 4. The number of nitrogens with one attached hydrogen (secondary N) is 2. The molecule has 2 aromatic rings. The normalized spacial score (nSPS) is 15.6. The van der Waals surface area contributed by atoms with Crippen LogP contribution < -0.4 is 10.6 Å². The van der Waals surface area contributed by atoms with Crippen molar-refractivity contribution in [3.8, 4) is 0 Å².